The van der Waals surface area contributed by atoms with Crippen LogP contribution < -0.4 is 14.2 Å². The van der Waals surface area contributed by atoms with Crippen LogP contribution in [0.1, 0.15) is 46.9 Å². The van der Waals surface area contributed by atoms with E-state index in [-0.39, 0.29) is 11.9 Å². The molecule has 4 rings (SSSR count). The lowest BCUT2D eigenvalue weighted by Crippen LogP contribution is -2.38. The van der Waals surface area contributed by atoms with E-state index in [4.69, 9.17) is 14.2 Å². The average molecular weight is 495 g/mol. The number of methoxy groups -OCH3 is 2. The van der Waals surface area contributed by atoms with Gasteiger partial charge in [-0.15, -0.1) is 0 Å². The highest BCUT2D eigenvalue weighted by molar-refractivity contribution is 7.07. The Labute approximate surface area is 212 Å². The van der Waals surface area contributed by atoms with Crippen molar-refractivity contribution in [3.05, 3.63) is 75.5 Å². The molecule has 0 bridgehead atoms. The fourth-order valence-electron chi connectivity index (χ4n) is 4.67. The summed E-state index contributed by atoms with van der Waals surface area (Å²) in [5, 5.41) is 4.31. The normalized spacial score (nSPS) is 15.4. The molecular weight excluding hydrogens is 460 g/mol. The Morgan fingerprint density at radius 3 is 2.54 bits per heavy atom. The summed E-state index contributed by atoms with van der Waals surface area (Å²) in [5.74, 6) is 2.20. The summed E-state index contributed by atoms with van der Waals surface area (Å²) in [7, 11) is 3.34. The molecule has 0 N–H and O–H groups in total. The first-order chi connectivity index (χ1) is 17.1. The molecule has 1 aliphatic heterocycles. The summed E-state index contributed by atoms with van der Waals surface area (Å²) in [5.41, 5.74) is 4.40. The molecule has 3 aromatic rings. The number of hydrogen-bond acceptors (Lipinski definition) is 6. The smallest absolute Gasteiger partial charge is 0.253 e. The zero-order valence-electron chi connectivity index (χ0n) is 21.0. The van der Waals surface area contributed by atoms with Gasteiger partial charge in [0.25, 0.3) is 5.91 Å². The van der Waals surface area contributed by atoms with E-state index in [2.05, 4.69) is 33.9 Å². The molecule has 35 heavy (non-hydrogen) atoms. The number of carbonyl (C=O) groups is 1. The van der Waals surface area contributed by atoms with E-state index in [9.17, 15) is 4.79 Å². The van der Waals surface area contributed by atoms with E-state index >= 15 is 0 Å². The van der Waals surface area contributed by atoms with Gasteiger partial charge >= 0.3 is 0 Å². The molecule has 1 amide bonds. The second-order valence-electron chi connectivity index (χ2n) is 8.59. The van der Waals surface area contributed by atoms with Crippen LogP contribution >= 0.6 is 11.3 Å². The fraction of sp³-hybridized carbons (Fsp3) is 0.393. The molecule has 0 radical (unpaired) electrons. The third-order valence-corrected chi connectivity index (χ3v) is 7.35. The van der Waals surface area contributed by atoms with Gasteiger partial charge in [-0.1, -0.05) is 6.07 Å². The Morgan fingerprint density at radius 2 is 1.86 bits per heavy atom. The topological polar surface area (TPSA) is 51.2 Å². The molecule has 7 heteroatoms. The van der Waals surface area contributed by atoms with Crippen LogP contribution in [0.3, 0.4) is 0 Å². The van der Waals surface area contributed by atoms with Crippen molar-refractivity contribution in [2.45, 2.75) is 32.9 Å². The summed E-state index contributed by atoms with van der Waals surface area (Å²) in [6.45, 7) is 7.60. The van der Waals surface area contributed by atoms with Crippen LogP contribution in [0.25, 0.3) is 0 Å². The molecule has 0 saturated carbocycles. The summed E-state index contributed by atoms with van der Waals surface area (Å²) < 4.78 is 17.5. The molecule has 1 atom stereocenters. The van der Waals surface area contributed by atoms with Gasteiger partial charge in [-0.05, 0) is 84.1 Å². The van der Waals surface area contributed by atoms with E-state index in [1.807, 2.05) is 43.0 Å². The zero-order valence-corrected chi connectivity index (χ0v) is 21.8. The van der Waals surface area contributed by atoms with E-state index in [1.54, 1.807) is 25.6 Å². The fourth-order valence-corrected chi connectivity index (χ4v) is 5.33. The first kappa shape index (κ1) is 25.1. The van der Waals surface area contributed by atoms with Gasteiger partial charge < -0.3 is 19.1 Å². The van der Waals surface area contributed by atoms with Gasteiger partial charge in [0.05, 0.1) is 20.3 Å². The Balaban J connectivity index is 1.60. The number of thiophene rings is 1. The van der Waals surface area contributed by atoms with E-state index in [0.717, 1.165) is 31.0 Å². The monoisotopic (exact) mass is 494 g/mol. The van der Waals surface area contributed by atoms with Crippen molar-refractivity contribution in [1.29, 1.82) is 0 Å². The summed E-state index contributed by atoms with van der Waals surface area (Å²) in [6, 6.07) is 13.9. The second-order valence-corrected chi connectivity index (χ2v) is 9.37. The first-order valence-electron chi connectivity index (χ1n) is 12.1. The number of benzene rings is 2. The van der Waals surface area contributed by atoms with Crippen LogP contribution in [0.15, 0.2) is 53.2 Å². The molecular formula is C28H34N2O4S. The number of nitrogens with zero attached hydrogens (tertiary/aromatic N) is 2. The number of ether oxygens (including phenoxy) is 3. The molecule has 2 aromatic carbocycles. The maximum atomic E-state index is 12.8. The van der Waals surface area contributed by atoms with Crippen LogP contribution in [0.2, 0.25) is 0 Å². The molecule has 0 spiro atoms. The highest BCUT2D eigenvalue weighted by Crippen LogP contribution is 2.39. The molecule has 0 saturated heterocycles. The standard InChI is InChI=1S/C28H34N2O4S/c1-5-29(6-2)28(31)22-8-7-9-23(14-22)34-18-25-24-16-27(33-4)26(32-3)15-21(24)10-12-30(25)17-20-11-13-35-19-20/h7-9,11,13-16,19,25H,5-6,10,12,17-18H2,1-4H3. The summed E-state index contributed by atoms with van der Waals surface area (Å²) in [6.07, 6.45) is 0.935. The van der Waals surface area contributed by atoms with Crippen molar-refractivity contribution < 1.29 is 19.0 Å². The number of fused-ring (bicyclic) bond motifs is 1. The highest BCUT2D eigenvalue weighted by Gasteiger charge is 2.30. The predicted octanol–water partition coefficient (Wildman–Crippen LogP) is 5.43. The second kappa shape index (κ2) is 11.6. The lowest BCUT2D eigenvalue weighted by Gasteiger charge is -2.37. The summed E-state index contributed by atoms with van der Waals surface area (Å²) >= 11 is 1.72. The Kier molecular flexibility index (Phi) is 8.31. The SMILES string of the molecule is CCN(CC)C(=O)c1cccc(OCC2c3cc(OC)c(OC)cc3CCN2Cc2ccsc2)c1. The lowest BCUT2D eigenvalue weighted by molar-refractivity contribution is 0.0772. The quantitative estimate of drug-likeness (QED) is 0.376. The van der Waals surface area contributed by atoms with Crippen molar-refractivity contribution >= 4 is 17.2 Å². The van der Waals surface area contributed by atoms with Crippen LogP contribution in [-0.4, -0.2) is 56.2 Å². The van der Waals surface area contributed by atoms with Crippen molar-refractivity contribution in [3.8, 4) is 17.2 Å². The van der Waals surface area contributed by atoms with Gasteiger partial charge in [0.15, 0.2) is 11.5 Å². The maximum absolute atomic E-state index is 12.8. The van der Waals surface area contributed by atoms with Crippen LogP contribution in [-0.2, 0) is 13.0 Å². The summed E-state index contributed by atoms with van der Waals surface area (Å²) in [4.78, 5) is 17.1. The van der Waals surface area contributed by atoms with Crippen molar-refractivity contribution in [2.24, 2.45) is 0 Å². The average Bonchev–Trinajstić information content (AvgIpc) is 3.41. The Morgan fingerprint density at radius 1 is 1.09 bits per heavy atom. The van der Waals surface area contributed by atoms with Crippen molar-refractivity contribution in [1.82, 2.24) is 9.80 Å². The van der Waals surface area contributed by atoms with Gasteiger partial charge in [-0.2, -0.15) is 11.3 Å². The minimum atomic E-state index is 0.0272. The van der Waals surface area contributed by atoms with Crippen LogP contribution in [0, 0.1) is 0 Å². The van der Waals surface area contributed by atoms with Crippen LogP contribution in [0.4, 0.5) is 0 Å². The van der Waals surface area contributed by atoms with Gasteiger partial charge in [-0.3, -0.25) is 9.69 Å². The molecule has 0 fully saturated rings. The highest BCUT2D eigenvalue weighted by atomic mass is 32.1. The zero-order chi connectivity index (χ0) is 24.8. The third-order valence-electron chi connectivity index (χ3n) is 6.62. The lowest BCUT2D eigenvalue weighted by atomic mass is 9.92. The van der Waals surface area contributed by atoms with Crippen molar-refractivity contribution in [2.75, 3.05) is 40.5 Å². The van der Waals surface area contributed by atoms with Crippen molar-refractivity contribution in [3.63, 3.8) is 0 Å². The predicted molar refractivity (Wildman–Crippen MR) is 140 cm³/mol. The molecule has 2 heterocycles. The van der Waals surface area contributed by atoms with Gasteiger partial charge in [0.2, 0.25) is 0 Å². The molecule has 1 unspecified atom stereocenters. The van der Waals surface area contributed by atoms with E-state index in [1.165, 1.54) is 16.7 Å². The molecule has 186 valence electrons. The van der Waals surface area contributed by atoms with E-state index < -0.39 is 0 Å². The number of hydrogen-bond donors (Lipinski definition) is 0. The molecule has 0 aliphatic carbocycles. The maximum Gasteiger partial charge on any atom is 0.253 e. The van der Waals surface area contributed by atoms with Crippen LogP contribution in [0.5, 0.6) is 17.2 Å². The first-order valence-corrected chi connectivity index (χ1v) is 13.0. The number of rotatable bonds is 10. The number of amides is 1. The largest absolute Gasteiger partial charge is 0.493 e. The third kappa shape index (κ3) is 5.63. The molecule has 6 nitrogen and oxygen atoms in total. The molecule has 1 aliphatic rings. The minimum absolute atomic E-state index is 0.0272. The minimum Gasteiger partial charge on any atom is -0.493 e. The molecule has 1 aromatic heterocycles. The number of carbonyl (C=O) groups excluding carboxylic acids is 1. The van der Waals surface area contributed by atoms with Gasteiger partial charge in [-0.25, -0.2) is 0 Å². The van der Waals surface area contributed by atoms with Gasteiger partial charge in [0, 0.05) is 31.7 Å². The van der Waals surface area contributed by atoms with E-state index in [0.29, 0.717) is 31.0 Å². The van der Waals surface area contributed by atoms with Gasteiger partial charge in [0.1, 0.15) is 12.4 Å². The Hall–Kier alpha value is -3.03. The Bertz CT molecular complexity index is 1130.